The molecule has 4 aromatic rings. The van der Waals surface area contributed by atoms with Gasteiger partial charge in [0, 0.05) is 40.7 Å². The molecule has 4 rings (SSSR count). The van der Waals surface area contributed by atoms with Crippen LogP contribution in [0.4, 0.5) is 10.8 Å². The molecule has 1 aromatic carbocycles. The van der Waals surface area contributed by atoms with Gasteiger partial charge in [0.05, 0.1) is 37.2 Å². The first kappa shape index (κ1) is 17.1. The van der Waals surface area contributed by atoms with Gasteiger partial charge in [-0.25, -0.2) is 9.97 Å². The number of anilines is 2. The Balaban J connectivity index is 1.63. The largest absolute Gasteiger partial charge is 0.481 e. The van der Waals surface area contributed by atoms with Crippen LogP contribution in [-0.2, 0) is 6.54 Å². The third-order valence-electron chi connectivity index (χ3n) is 4.23. The number of benzene rings is 1. The molecule has 3 aromatic heterocycles. The topological polar surface area (TPSA) is 75.8 Å². The van der Waals surface area contributed by atoms with E-state index in [-0.39, 0.29) is 0 Å². The van der Waals surface area contributed by atoms with Crippen LogP contribution in [0.3, 0.4) is 0 Å². The molecule has 0 saturated carbocycles. The van der Waals surface area contributed by atoms with Crippen LogP contribution < -0.4 is 10.1 Å². The zero-order valence-electron chi connectivity index (χ0n) is 14.7. The van der Waals surface area contributed by atoms with Gasteiger partial charge in [-0.2, -0.15) is 5.26 Å². The molecule has 0 aliphatic heterocycles. The average molecular weight is 375 g/mol. The molecule has 0 amide bonds. The first-order valence-corrected chi connectivity index (χ1v) is 9.34. The summed E-state index contributed by atoms with van der Waals surface area (Å²) in [6.07, 6.45) is 4.27. The maximum absolute atomic E-state index is 8.90. The van der Waals surface area contributed by atoms with Gasteiger partial charge in [-0.05, 0) is 12.1 Å². The van der Waals surface area contributed by atoms with Crippen molar-refractivity contribution in [1.82, 2.24) is 14.5 Å². The number of hydrogen-bond acceptors (Lipinski definition) is 6. The van der Waals surface area contributed by atoms with Crippen molar-refractivity contribution in [1.29, 1.82) is 5.26 Å². The smallest absolute Gasteiger partial charge is 0.213 e. The molecule has 0 spiro atoms. The summed E-state index contributed by atoms with van der Waals surface area (Å²) in [5, 5.41) is 16.2. The Morgan fingerprint density at radius 2 is 2.15 bits per heavy atom. The highest BCUT2D eigenvalue weighted by Crippen LogP contribution is 2.33. The van der Waals surface area contributed by atoms with Crippen LogP contribution in [0.5, 0.6) is 5.88 Å². The van der Waals surface area contributed by atoms with E-state index in [0.717, 1.165) is 33.0 Å². The second-order valence-corrected chi connectivity index (χ2v) is 6.77. The van der Waals surface area contributed by atoms with Crippen LogP contribution >= 0.6 is 11.3 Å². The standard InChI is InChI=1S/C20H17N5OS/c1-26-19-8-7-14(11-22-19)23-20-24-17(13-27-20)16-12-25(10-4-9-21)18-6-3-2-5-15(16)18/h2-3,5-8,11-13H,4,10H2,1H3,(H,23,24). The van der Waals surface area contributed by atoms with Gasteiger partial charge in [0.15, 0.2) is 5.13 Å². The summed E-state index contributed by atoms with van der Waals surface area (Å²) in [4.78, 5) is 8.93. The molecule has 1 N–H and O–H groups in total. The van der Waals surface area contributed by atoms with Gasteiger partial charge in [-0.1, -0.05) is 18.2 Å². The Kier molecular flexibility index (Phi) is 4.73. The molecule has 0 saturated heterocycles. The van der Waals surface area contributed by atoms with Crippen molar-refractivity contribution in [3.05, 3.63) is 54.2 Å². The number of hydrogen-bond donors (Lipinski definition) is 1. The van der Waals surface area contributed by atoms with Crippen LogP contribution in [0, 0.1) is 11.3 Å². The van der Waals surface area contributed by atoms with E-state index in [0.29, 0.717) is 18.8 Å². The number of nitrogens with one attached hydrogen (secondary N) is 1. The van der Waals surface area contributed by atoms with Crippen molar-refractivity contribution in [2.24, 2.45) is 0 Å². The number of methoxy groups -OCH3 is 1. The fraction of sp³-hybridized carbons (Fsp3) is 0.150. The van der Waals surface area contributed by atoms with E-state index in [1.165, 1.54) is 0 Å². The molecule has 0 atom stereocenters. The Labute approximate surface area is 160 Å². The fourth-order valence-electron chi connectivity index (χ4n) is 2.96. The number of aromatic nitrogens is 3. The molecule has 0 aliphatic carbocycles. The third-order valence-corrected chi connectivity index (χ3v) is 4.99. The molecule has 0 fully saturated rings. The molecule has 27 heavy (non-hydrogen) atoms. The highest BCUT2D eigenvalue weighted by molar-refractivity contribution is 7.14. The lowest BCUT2D eigenvalue weighted by Gasteiger charge is -2.03. The second-order valence-electron chi connectivity index (χ2n) is 5.91. The summed E-state index contributed by atoms with van der Waals surface area (Å²) in [5.74, 6) is 0.575. The van der Waals surface area contributed by atoms with Gasteiger partial charge in [0.2, 0.25) is 5.88 Å². The summed E-state index contributed by atoms with van der Waals surface area (Å²) in [6, 6.07) is 14.1. The average Bonchev–Trinajstić information content (AvgIpc) is 3.31. The Morgan fingerprint density at radius 3 is 2.93 bits per heavy atom. The maximum Gasteiger partial charge on any atom is 0.213 e. The van der Waals surface area contributed by atoms with Gasteiger partial charge in [-0.15, -0.1) is 11.3 Å². The van der Waals surface area contributed by atoms with Crippen molar-refractivity contribution >= 4 is 33.1 Å². The van der Waals surface area contributed by atoms with Crippen molar-refractivity contribution in [3.63, 3.8) is 0 Å². The highest BCUT2D eigenvalue weighted by Gasteiger charge is 2.13. The van der Waals surface area contributed by atoms with E-state index < -0.39 is 0 Å². The van der Waals surface area contributed by atoms with E-state index in [9.17, 15) is 0 Å². The molecule has 134 valence electrons. The minimum atomic E-state index is 0.479. The van der Waals surface area contributed by atoms with Crippen LogP contribution in [0.15, 0.2) is 54.2 Å². The van der Waals surface area contributed by atoms with Gasteiger partial charge >= 0.3 is 0 Å². The monoisotopic (exact) mass is 375 g/mol. The summed E-state index contributed by atoms with van der Waals surface area (Å²) in [6.45, 7) is 0.670. The van der Waals surface area contributed by atoms with Gasteiger partial charge in [0.1, 0.15) is 0 Å². The third kappa shape index (κ3) is 3.48. The minimum Gasteiger partial charge on any atom is -0.481 e. The predicted octanol–water partition coefficient (Wildman–Crippen LogP) is 4.83. The van der Waals surface area contributed by atoms with Crippen molar-refractivity contribution in [2.45, 2.75) is 13.0 Å². The van der Waals surface area contributed by atoms with Crippen molar-refractivity contribution < 1.29 is 4.74 Å². The van der Waals surface area contributed by atoms with Crippen LogP contribution in [0.2, 0.25) is 0 Å². The zero-order chi connectivity index (χ0) is 18.6. The number of nitrogens with zero attached hydrogens (tertiary/aromatic N) is 4. The van der Waals surface area contributed by atoms with Crippen LogP contribution in [-0.4, -0.2) is 21.6 Å². The number of nitriles is 1. The lowest BCUT2D eigenvalue weighted by Crippen LogP contribution is -1.94. The number of aryl methyl sites for hydroxylation is 1. The normalized spacial score (nSPS) is 10.7. The van der Waals surface area contributed by atoms with Crippen LogP contribution in [0.1, 0.15) is 6.42 Å². The SMILES string of the molecule is COc1ccc(Nc2nc(-c3cn(CCC#N)c4ccccc34)cs2)cn1. The summed E-state index contributed by atoms with van der Waals surface area (Å²) in [7, 11) is 1.59. The van der Waals surface area contributed by atoms with Crippen molar-refractivity contribution in [3.8, 4) is 23.2 Å². The number of ether oxygens (including phenoxy) is 1. The molecular formula is C20H17N5OS. The molecular weight excluding hydrogens is 358 g/mol. The van der Waals surface area contributed by atoms with E-state index in [1.54, 1.807) is 30.7 Å². The maximum atomic E-state index is 8.90. The molecule has 0 aliphatic rings. The number of thiazole rings is 1. The number of rotatable bonds is 6. The minimum absolute atomic E-state index is 0.479. The van der Waals surface area contributed by atoms with Crippen molar-refractivity contribution in [2.75, 3.05) is 12.4 Å². The molecule has 7 heteroatoms. The Hall–Kier alpha value is -3.37. The summed E-state index contributed by atoms with van der Waals surface area (Å²) in [5.41, 5.74) is 3.95. The van der Waals surface area contributed by atoms with Gasteiger partial charge in [-0.3, -0.25) is 0 Å². The van der Waals surface area contributed by atoms with Gasteiger partial charge in [0.25, 0.3) is 0 Å². The van der Waals surface area contributed by atoms with Gasteiger partial charge < -0.3 is 14.6 Å². The van der Waals surface area contributed by atoms with E-state index in [2.05, 4.69) is 39.3 Å². The lowest BCUT2D eigenvalue weighted by molar-refractivity contribution is 0.398. The summed E-state index contributed by atoms with van der Waals surface area (Å²) < 4.78 is 7.20. The molecule has 0 unspecified atom stereocenters. The fourth-order valence-corrected chi connectivity index (χ4v) is 3.69. The Bertz CT molecular complexity index is 1110. The molecule has 0 radical (unpaired) electrons. The number of fused-ring (bicyclic) bond motifs is 1. The zero-order valence-corrected chi connectivity index (χ0v) is 15.5. The quantitative estimate of drug-likeness (QED) is 0.522. The molecule has 3 heterocycles. The highest BCUT2D eigenvalue weighted by atomic mass is 32.1. The van der Waals surface area contributed by atoms with E-state index in [4.69, 9.17) is 15.0 Å². The number of pyridine rings is 1. The molecule has 6 nitrogen and oxygen atoms in total. The number of para-hydroxylation sites is 1. The first-order chi connectivity index (χ1) is 13.3. The lowest BCUT2D eigenvalue weighted by atomic mass is 10.1. The summed E-state index contributed by atoms with van der Waals surface area (Å²) >= 11 is 1.54. The van der Waals surface area contributed by atoms with E-state index >= 15 is 0 Å². The molecule has 0 bridgehead atoms. The Morgan fingerprint density at radius 1 is 1.26 bits per heavy atom. The second kappa shape index (κ2) is 7.48. The van der Waals surface area contributed by atoms with E-state index in [1.807, 2.05) is 23.6 Å². The van der Waals surface area contributed by atoms with Crippen LogP contribution in [0.25, 0.3) is 22.2 Å². The predicted molar refractivity (Wildman–Crippen MR) is 107 cm³/mol. The first-order valence-electron chi connectivity index (χ1n) is 8.46.